The van der Waals surface area contributed by atoms with Gasteiger partial charge in [-0.15, -0.1) is 0 Å². The van der Waals surface area contributed by atoms with Gasteiger partial charge in [-0.05, 0) is 44.9 Å². The Balaban J connectivity index is 1.67. The number of nitrogens with zero attached hydrogens (tertiary/aromatic N) is 1. The summed E-state index contributed by atoms with van der Waals surface area (Å²) < 4.78 is 5.79. The molecule has 1 fully saturated rings. The highest BCUT2D eigenvalue weighted by Gasteiger charge is 2.21. The molecule has 2 atom stereocenters. The van der Waals surface area contributed by atoms with Crippen LogP contribution in [0.5, 0.6) is 0 Å². The quantitative estimate of drug-likeness (QED) is 0.874. The average molecular weight is 245 g/mol. The van der Waals surface area contributed by atoms with Gasteiger partial charge in [0.15, 0.2) is 0 Å². The molecule has 3 rings (SSSR count). The molecule has 0 radical (unpaired) electrons. The van der Waals surface area contributed by atoms with Crippen LogP contribution in [0.15, 0.2) is 18.2 Å². The smallest absolute Gasteiger partial charge is 0.104 e. The highest BCUT2D eigenvalue weighted by Crippen LogP contribution is 2.21. The predicted molar refractivity (Wildman–Crippen MR) is 72.9 cm³/mol. The standard InChI is InChI=1S/C14H19N3O/c1-9-3-5-12(18-9)8-15-11-4-6-13-14(7-11)17-10(2)16-13/h4,6-7,9,12,15H,3,5,8H2,1-2H3,(H,16,17). The van der Waals surface area contributed by atoms with Crippen molar-refractivity contribution in [2.45, 2.75) is 38.9 Å². The molecular weight excluding hydrogens is 226 g/mol. The Bertz CT molecular complexity index is 549. The van der Waals surface area contributed by atoms with Crippen LogP contribution < -0.4 is 5.32 Å². The molecule has 96 valence electrons. The van der Waals surface area contributed by atoms with Gasteiger partial charge >= 0.3 is 0 Å². The van der Waals surface area contributed by atoms with Crippen LogP contribution in [0.3, 0.4) is 0 Å². The maximum absolute atomic E-state index is 5.79. The second-order valence-corrected chi connectivity index (χ2v) is 5.08. The Hall–Kier alpha value is -1.55. The number of benzene rings is 1. The van der Waals surface area contributed by atoms with Crippen molar-refractivity contribution in [3.63, 3.8) is 0 Å². The van der Waals surface area contributed by atoms with E-state index in [1.807, 2.05) is 13.0 Å². The van der Waals surface area contributed by atoms with Crippen molar-refractivity contribution in [1.29, 1.82) is 0 Å². The van der Waals surface area contributed by atoms with Gasteiger partial charge in [-0.3, -0.25) is 0 Å². The first kappa shape index (κ1) is 11.5. The van der Waals surface area contributed by atoms with Gasteiger partial charge in [0, 0.05) is 12.2 Å². The van der Waals surface area contributed by atoms with E-state index in [0.717, 1.165) is 35.5 Å². The van der Waals surface area contributed by atoms with Crippen LogP contribution in [0.25, 0.3) is 11.0 Å². The molecule has 0 aliphatic carbocycles. The fraction of sp³-hybridized carbons (Fsp3) is 0.500. The maximum Gasteiger partial charge on any atom is 0.104 e. The van der Waals surface area contributed by atoms with Crippen LogP contribution in [0, 0.1) is 6.92 Å². The fourth-order valence-electron chi connectivity index (χ4n) is 2.51. The number of anilines is 1. The second kappa shape index (κ2) is 4.61. The van der Waals surface area contributed by atoms with E-state index in [1.165, 1.54) is 6.42 Å². The Labute approximate surface area is 107 Å². The molecule has 0 saturated carbocycles. The van der Waals surface area contributed by atoms with E-state index < -0.39 is 0 Å². The SMILES string of the molecule is Cc1nc2ccc(NCC3CCC(C)O3)cc2[nH]1. The van der Waals surface area contributed by atoms with E-state index in [2.05, 4.69) is 34.3 Å². The third-order valence-electron chi connectivity index (χ3n) is 3.45. The maximum atomic E-state index is 5.79. The number of nitrogens with one attached hydrogen (secondary N) is 2. The zero-order valence-electron chi connectivity index (χ0n) is 10.9. The summed E-state index contributed by atoms with van der Waals surface area (Å²) in [5, 5.41) is 3.44. The molecule has 1 aliphatic heterocycles. The number of aromatic amines is 1. The number of imidazole rings is 1. The lowest BCUT2D eigenvalue weighted by molar-refractivity contribution is 0.0637. The summed E-state index contributed by atoms with van der Waals surface area (Å²) in [6.07, 6.45) is 3.08. The molecule has 1 aromatic heterocycles. The molecule has 4 heteroatoms. The number of hydrogen-bond donors (Lipinski definition) is 2. The third kappa shape index (κ3) is 2.34. The monoisotopic (exact) mass is 245 g/mol. The highest BCUT2D eigenvalue weighted by atomic mass is 16.5. The summed E-state index contributed by atoms with van der Waals surface area (Å²) >= 11 is 0. The minimum absolute atomic E-state index is 0.346. The lowest BCUT2D eigenvalue weighted by atomic mass is 10.2. The van der Waals surface area contributed by atoms with Crippen LogP contribution >= 0.6 is 0 Å². The average Bonchev–Trinajstić information content (AvgIpc) is 2.90. The molecule has 0 bridgehead atoms. The second-order valence-electron chi connectivity index (χ2n) is 5.08. The Kier molecular flexibility index (Phi) is 2.96. The molecule has 4 nitrogen and oxygen atoms in total. The van der Waals surface area contributed by atoms with E-state index in [9.17, 15) is 0 Å². The van der Waals surface area contributed by atoms with Crippen molar-refractivity contribution >= 4 is 16.7 Å². The lowest BCUT2D eigenvalue weighted by Crippen LogP contribution is -2.19. The van der Waals surface area contributed by atoms with E-state index in [-0.39, 0.29) is 0 Å². The van der Waals surface area contributed by atoms with Crippen molar-refractivity contribution in [2.24, 2.45) is 0 Å². The molecule has 2 N–H and O–H groups in total. The van der Waals surface area contributed by atoms with Gasteiger partial charge in [-0.1, -0.05) is 0 Å². The summed E-state index contributed by atoms with van der Waals surface area (Å²) in [6, 6.07) is 6.22. The molecule has 0 spiro atoms. The zero-order chi connectivity index (χ0) is 12.5. The van der Waals surface area contributed by atoms with E-state index in [1.54, 1.807) is 0 Å². The van der Waals surface area contributed by atoms with Crippen LogP contribution in [0.2, 0.25) is 0 Å². The summed E-state index contributed by atoms with van der Waals surface area (Å²) in [5.74, 6) is 0.954. The fourth-order valence-corrected chi connectivity index (χ4v) is 2.51. The summed E-state index contributed by atoms with van der Waals surface area (Å²) in [5.41, 5.74) is 3.22. The zero-order valence-corrected chi connectivity index (χ0v) is 10.9. The molecular formula is C14H19N3O. The van der Waals surface area contributed by atoms with Crippen LogP contribution in [-0.4, -0.2) is 28.7 Å². The van der Waals surface area contributed by atoms with Crippen molar-refractivity contribution in [2.75, 3.05) is 11.9 Å². The van der Waals surface area contributed by atoms with Gasteiger partial charge in [0.1, 0.15) is 5.82 Å². The normalized spacial score (nSPS) is 23.7. The number of aromatic nitrogens is 2. The van der Waals surface area contributed by atoms with Crippen LogP contribution in [-0.2, 0) is 4.74 Å². The Morgan fingerprint density at radius 1 is 1.44 bits per heavy atom. The number of H-pyrrole nitrogens is 1. The van der Waals surface area contributed by atoms with Crippen molar-refractivity contribution < 1.29 is 4.74 Å². The van der Waals surface area contributed by atoms with Crippen molar-refractivity contribution in [1.82, 2.24) is 9.97 Å². The number of fused-ring (bicyclic) bond motifs is 1. The number of hydrogen-bond acceptors (Lipinski definition) is 3. The first-order chi connectivity index (χ1) is 8.70. The molecule has 2 aromatic rings. The molecule has 2 unspecified atom stereocenters. The first-order valence-corrected chi connectivity index (χ1v) is 6.56. The van der Waals surface area contributed by atoms with Crippen molar-refractivity contribution in [3.05, 3.63) is 24.0 Å². The van der Waals surface area contributed by atoms with Gasteiger partial charge in [-0.2, -0.15) is 0 Å². The Morgan fingerprint density at radius 3 is 3.11 bits per heavy atom. The molecule has 2 heterocycles. The largest absolute Gasteiger partial charge is 0.382 e. The molecule has 1 aromatic carbocycles. The van der Waals surface area contributed by atoms with E-state index >= 15 is 0 Å². The van der Waals surface area contributed by atoms with Gasteiger partial charge in [-0.25, -0.2) is 4.98 Å². The van der Waals surface area contributed by atoms with Gasteiger partial charge in [0.2, 0.25) is 0 Å². The molecule has 18 heavy (non-hydrogen) atoms. The summed E-state index contributed by atoms with van der Waals surface area (Å²) in [6.45, 7) is 4.99. The predicted octanol–water partition coefficient (Wildman–Crippen LogP) is 2.85. The van der Waals surface area contributed by atoms with Gasteiger partial charge in [0.25, 0.3) is 0 Å². The third-order valence-corrected chi connectivity index (χ3v) is 3.45. The van der Waals surface area contributed by atoms with Crippen LogP contribution in [0.4, 0.5) is 5.69 Å². The number of ether oxygens (including phenoxy) is 1. The highest BCUT2D eigenvalue weighted by molar-refractivity contribution is 5.79. The van der Waals surface area contributed by atoms with Crippen molar-refractivity contribution in [3.8, 4) is 0 Å². The minimum Gasteiger partial charge on any atom is -0.382 e. The Morgan fingerprint density at radius 2 is 2.33 bits per heavy atom. The lowest BCUT2D eigenvalue weighted by Gasteiger charge is -2.13. The van der Waals surface area contributed by atoms with Crippen LogP contribution in [0.1, 0.15) is 25.6 Å². The number of aryl methyl sites for hydroxylation is 1. The summed E-state index contributed by atoms with van der Waals surface area (Å²) in [7, 11) is 0. The first-order valence-electron chi connectivity index (χ1n) is 6.56. The topological polar surface area (TPSA) is 49.9 Å². The van der Waals surface area contributed by atoms with E-state index in [0.29, 0.717) is 12.2 Å². The minimum atomic E-state index is 0.346. The van der Waals surface area contributed by atoms with Gasteiger partial charge < -0.3 is 15.0 Å². The van der Waals surface area contributed by atoms with E-state index in [4.69, 9.17) is 4.74 Å². The summed E-state index contributed by atoms with van der Waals surface area (Å²) in [4.78, 5) is 7.65. The molecule has 1 saturated heterocycles. The molecule has 1 aliphatic rings. The van der Waals surface area contributed by atoms with Gasteiger partial charge in [0.05, 0.1) is 23.2 Å². The number of rotatable bonds is 3. The molecule has 0 amide bonds.